The van der Waals surface area contributed by atoms with Gasteiger partial charge in [0.2, 0.25) is 0 Å². The monoisotopic (exact) mass is 221 g/mol. The minimum atomic E-state index is 0.221. The van der Waals surface area contributed by atoms with Gasteiger partial charge < -0.3 is 14.8 Å². The quantitative estimate of drug-likeness (QED) is 0.843. The Bertz CT molecular complexity index is 321. The third kappa shape index (κ3) is 3.22. The van der Waals surface area contributed by atoms with Crippen LogP contribution in [0, 0.1) is 0 Å². The third-order valence-electron chi connectivity index (χ3n) is 2.70. The van der Waals surface area contributed by atoms with Crippen LogP contribution in [0.4, 0.5) is 0 Å². The zero-order chi connectivity index (χ0) is 11.2. The summed E-state index contributed by atoms with van der Waals surface area (Å²) in [5.41, 5.74) is 1.25. The second-order valence-electron chi connectivity index (χ2n) is 4.13. The molecule has 2 rings (SSSR count). The molecule has 0 amide bonds. The zero-order valence-corrected chi connectivity index (χ0v) is 9.74. The van der Waals surface area contributed by atoms with E-state index in [9.17, 15) is 0 Å². The summed E-state index contributed by atoms with van der Waals surface area (Å²) in [7, 11) is 1.95. The molecule has 0 aliphatic carbocycles. The first kappa shape index (κ1) is 11.4. The van der Waals surface area contributed by atoms with Crippen LogP contribution in [-0.2, 0) is 11.3 Å². The molecule has 1 aliphatic rings. The number of hydrogen-bond donors (Lipinski definition) is 1. The second-order valence-corrected chi connectivity index (χ2v) is 4.13. The Kier molecular flexibility index (Phi) is 4.19. The SMILES string of the molecule is CNCc1cccc(OC2CCCOC2)c1. The standard InChI is InChI=1S/C13H19NO2/c1-14-9-11-4-2-5-12(8-11)16-13-6-3-7-15-10-13/h2,4-5,8,13-14H,3,6-7,9-10H2,1H3. The highest BCUT2D eigenvalue weighted by molar-refractivity contribution is 5.28. The first-order chi connectivity index (χ1) is 7.88. The molecule has 1 heterocycles. The molecule has 0 spiro atoms. The van der Waals surface area contributed by atoms with Gasteiger partial charge in [-0.15, -0.1) is 0 Å². The fourth-order valence-electron chi connectivity index (χ4n) is 1.93. The van der Waals surface area contributed by atoms with Crippen molar-refractivity contribution in [3.8, 4) is 5.75 Å². The lowest BCUT2D eigenvalue weighted by atomic mass is 10.1. The van der Waals surface area contributed by atoms with Gasteiger partial charge in [-0.2, -0.15) is 0 Å². The fraction of sp³-hybridized carbons (Fsp3) is 0.538. The van der Waals surface area contributed by atoms with Crippen LogP contribution in [0.2, 0.25) is 0 Å². The van der Waals surface area contributed by atoms with E-state index >= 15 is 0 Å². The normalized spacial score (nSPS) is 20.7. The zero-order valence-electron chi connectivity index (χ0n) is 9.74. The third-order valence-corrected chi connectivity index (χ3v) is 2.70. The summed E-state index contributed by atoms with van der Waals surface area (Å²) in [6.45, 7) is 2.47. The lowest BCUT2D eigenvalue weighted by molar-refractivity contribution is 0.00740. The predicted molar refractivity (Wildman–Crippen MR) is 63.7 cm³/mol. The van der Waals surface area contributed by atoms with Crippen molar-refractivity contribution < 1.29 is 9.47 Å². The number of benzene rings is 1. The van der Waals surface area contributed by atoms with Crippen molar-refractivity contribution in [2.24, 2.45) is 0 Å². The van der Waals surface area contributed by atoms with Crippen LogP contribution >= 0.6 is 0 Å². The van der Waals surface area contributed by atoms with E-state index in [0.29, 0.717) is 0 Å². The molecule has 1 aliphatic heterocycles. The summed E-state index contributed by atoms with van der Waals surface area (Å²) >= 11 is 0. The molecule has 1 unspecified atom stereocenters. The molecule has 0 bridgehead atoms. The van der Waals surface area contributed by atoms with E-state index in [4.69, 9.17) is 9.47 Å². The van der Waals surface area contributed by atoms with Crippen LogP contribution < -0.4 is 10.1 Å². The maximum atomic E-state index is 5.89. The molecule has 88 valence electrons. The highest BCUT2D eigenvalue weighted by Gasteiger charge is 2.15. The van der Waals surface area contributed by atoms with Gasteiger partial charge in [-0.25, -0.2) is 0 Å². The Morgan fingerprint density at radius 3 is 3.19 bits per heavy atom. The summed E-state index contributed by atoms with van der Waals surface area (Å²) in [6, 6.07) is 8.23. The summed E-state index contributed by atoms with van der Waals surface area (Å²) in [5, 5.41) is 3.13. The molecule has 1 aromatic carbocycles. The molecule has 3 nitrogen and oxygen atoms in total. The van der Waals surface area contributed by atoms with Gasteiger partial charge in [0.25, 0.3) is 0 Å². The minimum Gasteiger partial charge on any atom is -0.488 e. The van der Waals surface area contributed by atoms with Gasteiger partial charge in [-0.3, -0.25) is 0 Å². The van der Waals surface area contributed by atoms with Crippen molar-refractivity contribution in [3.05, 3.63) is 29.8 Å². The molecule has 1 N–H and O–H groups in total. The van der Waals surface area contributed by atoms with Crippen LogP contribution in [0.25, 0.3) is 0 Å². The molecule has 1 atom stereocenters. The summed E-state index contributed by atoms with van der Waals surface area (Å²) in [5.74, 6) is 0.947. The van der Waals surface area contributed by atoms with Gasteiger partial charge in [0, 0.05) is 13.2 Å². The first-order valence-corrected chi connectivity index (χ1v) is 5.86. The van der Waals surface area contributed by atoms with Crippen molar-refractivity contribution in [3.63, 3.8) is 0 Å². The van der Waals surface area contributed by atoms with Crippen molar-refractivity contribution in [1.82, 2.24) is 5.32 Å². The predicted octanol–water partition coefficient (Wildman–Crippen LogP) is 1.96. The Morgan fingerprint density at radius 1 is 1.50 bits per heavy atom. The van der Waals surface area contributed by atoms with Crippen molar-refractivity contribution in [2.75, 3.05) is 20.3 Å². The molecule has 1 fully saturated rings. The summed E-state index contributed by atoms with van der Waals surface area (Å²) < 4.78 is 11.3. The van der Waals surface area contributed by atoms with Gasteiger partial charge in [0.05, 0.1) is 6.61 Å². The van der Waals surface area contributed by atoms with Crippen LogP contribution in [-0.4, -0.2) is 26.4 Å². The van der Waals surface area contributed by atoms with E-state index in [1.165, 1.54) is 5.56 Å². The van der Waals surface area contributed by atoms with Crippen molar-refractivity contribution in [1.29, 1.82) is 0 Å². The van der Waals surface area contributed by atoms with Gasteiger partial charge in [-0.1, -0.05) is 12.1 Å². The number of ether oxygens (including phenoxy) is 2. The van der Waals surface area contributed by atoms with E-state index in [2.05, 4.69) is 17.4 Å². The minimum absolute atomic E-state index is 0.221. The van der Waals surface area contributed by atoms with E-state index < -0.39 is 0 Å². The summed E-state index contributed by atoms with van der Waals surface area (Å²) in [4.78, 5) is 0. The molecular formula is C13H19NO2. The summed E-state index contributed by atoms with van der Waals surface area (Å²) in [6.07, 6.45) is 2.41. The first-order valence-electron chi connectivity index (χ1n) is 5.86. The van der Waals surface area contributed by atoms with Crippen molar-refractivity contribution >= 4 is 0 Å². The smallest absolute Gasteiger partial charge is 0.122 e. The second kappa shape index (κ2) is 5.87. The van der Waals surface area contributed by atoms with Gasteiger partial charge in [0.15, 0.2) is 0 Å². The molecule has 3 heteroatoms. The van der Waals surface area contributed by atoms with E-state index in [1.807, 2.05) is 19.2 Å². The van der Waals surface area contributed by atoms with Crippen LogP contribution in [0.15, 0.2) is 24.3 Å². The van der Waals surface area contributed by atoms with Gasteiger partial charge in [-0.05, 0) is 37.6 Å². The Balaban J connectivity index is 1.94. The molecule has 16 heavy (non-hydrogen) atoms. The van der Waals surface area contributed by atoms with Gasteiger partial charge in [0.1, 0.15) is 11.9 Å². The van der Waals surface area contributed by atoms with Crippen molar-refractivity contribution in [2.45, 2.75) is 25.5 Å². The Labute approximate surface area is 96.8 Å². The average Bonchev–Trinajstić information content (AvgIpc) is 2.31. The highest BCUT2D eigenvalue weighted by Crippen LogP contribution is 2.18. The average molecular weight is 221 g/mol. The lowest BCUT2D eigenvalue weighted by Gasteiger charge is -2.23. The van der Waals surface area contributed by atoms with Crippen LogP contribution in [0.1, 0.15) is 18.4 Å². The van der Waals surface area contributed by atoms with Crippen LogP contribution in [0.3, 0.4) is 0 Å². The van der Waals surface area contributed by atoms with Crippen LogP contribution in [0.5, 0.6) is 5.75 Å². The molecule has 1 saturated heterocycles. The fourth-order valence-corrected chi connectivity index (χ4v) is 1.93. The molecule has 0 aromatic heterocycles. The van der Waals surface area contributed by atoms with E-state index in [1.54, 1.807) is 0 Å². The number of hydrogen-bond acceptors (Lipinski definition) is 3. The Morgan fingerprint density at radius 2 is 2.44 bits per heavy atom. The largest absolute Gasteiger partial charge is 0.488 e. The highest BCUT2D eigenvalue weighted by atomic mass is 16.5. The maximum Gasteiger partial charge on any atom is 0.122 e. The van der Waals surface area contributed by atoms with E-state index in [0.717, 1.165) is 38.3 Å². The number of nitrogens with one attached hydrogen (secondary N) is 1. The molecule has 0 saturated carbocycles. The van der Waals surface area contributed by atoms with E-state index in [-0.39, 0.29) is 6.10 Å². The van der Waals surface area contributed by atoms with Gasteiger partial charge >= 0.3 is 0 Å². The molecule has 1 aromatic rings. The maximum absolute atomic E-state index is 5.89. The number of rotatable bonds is 4. The Hall–Kier alpha value is -1.06. The topological polar surface area (TPSA) is 30.5 Å². The molecular weight excluding hydrogens is 202 g/mol. The lowest BCUT2D eigenvalue weighted by Crippen LogP contribution is -2.28. The molecule has 0 radical (unpaired) electrons.